The molecular weight excluding hydrogens is 237 g/mol. The number of hydrogen-bond donors (Lipinski definition) is 1. The Morgan fingerprint density at radius 3 is 2.85 bits per heavy atom. The Morgan fingerprint density at radius 1 is 1.62 bits per heavy atom. The van der Waals surface area contributed by atoms with Crippen LogP contribution in [0, 0.1) is 17.1 Å². The van der Waals surface area contributed by atoms with Crippen LogP contribution in [0.5, 0.6) is 0 Å². The highest BCUT2D eigenvalue weighted by Crippen LogP contribution is 2.27. The van der Waals surface area contributed by atoms with Gasteiger partial charge in [0.1, 0.15) is 5.82 Å². The van der Waals surface area contributed by atoms with Crippen LogP contribution in [-0.4, -0.2) is 5.11 Å². The number of halogens is 2. The minimum atomic E-state index is -1.07. The van der Waals surface area contributed by atoms with Gasteiger partial charge in [0.05, 0.1) is 18.6 Å². The zero-order valence-corrected chi connectivity index (χ0v) is 8.25. The summed E-state index contributed by atoms with van der Waals surface area (Å²) in [4.78, 5) is 0. The van der Waals surface area contributed by atoms with Gasteiger partial charge < -0.3 is 5.11 Å². The maximum atomic E-state index is 13.1. The molecule has 0 aliphatic heterocycles. The van der Waals surface area contributed by atoms with Crippen molar-refractivity contribution in [2.45, 2.75) is 12.5 Å². The van der Waals surface area contributed by atoms with E-state index in [1.54, 1.807) is 12.1 Å². The lowest BCUT2D eigenvalue weighted by molar-refractivity contribution is 0.177. The molecule has 4 heteroatoms. The predicted molar refractivity (Wildman–Crippen MR) is 49.3 cm³/mol. The predicted octanol–water partition coefficient (Wildman–Crippen LogP) is 2.54. The highest BCUT2D eigenvalue weighted by Gasteiger charge is 2.15. The lowest BCUT2D eigenvalue weighted by Gasteiger charge is -2.09. The van der Waals surface area contributed by atoms with Crippen molar-refractivity contribution in [3.8, 4) is 6.07 Å². The van der Waals surface area contributed by atoms with E-state index in [0.29, 0.717) is 4.47 Å². The molecule has 0 bridgehead atoms. The summed E-state index contributed by atoms with van der Waals surface area (Å²) in [5.41, 5.74) is 0.143. The van der Waals surface area contributed by atoms with Crippen molar-refractivity contribution in [1.29, 1.82) is 5.26 Å². The largest absolute Gasteiger partial charge is 0.387 e. The van der Waals surface area contributed by atoms with Crippen LogP contribution in [0.1, 0.15) is 18.1 Å². The van der Waals surface area contributed by atoms with E-state index in [9.17, 15) is 9.50 Å². The molecule has 0 aliphatic rings. The average Bonchev–Trinajstić information content (AvgIpc) is 2.04. The first-order valence-electron chi connectivity index (χ1n) is 3.65. The molecule has 1 atom stereocenters. The molecule has 1 N–H and O–H groups in total. The second kappa shape index (κ2) is 4.35. The average molecular weight is 244 g/mol. The summed E-state index contributed by atoms with van der Waals surface area (Å²) < 4.78 is 13.6. The molecule has 0 saturated carbocycles. The highest BCUT2D eigenvalue weighted by molar-refractivity contribution is 9.10. The van der Waals surface area contributed by atoms with Crippen LogP contribution < -0.4 is 0 Å². The number of aliphatic hydroxyl groups is 1. The van der Waals surface area contributed by atoms with Gasteiger partial charge in [-0.2, -0.15) is 5.26 Å². The first kappa shape index (κ1) is 10.2. The van der Waals surface area contributed by atoms with E-state index in [1.165, 1.54) is 12.1 Å². The van der Waals surface area contributed by atoms with Crippen LogP contribution >= 0.6 is 15.9 Å². The van der Waals surface area contributed by atoms with E-state index in [1.807, 2.05) is 0 Å². The van der Waals surface area contributed by atoms with Gasteiger partial charge in [0.15, 0.2) is 0 Å². The Balaban J connectivity index is 3.06. The van der Waals surface area contributed by atoms with E-state index in [2.05, 4.69) is 15.9 Å². The second-order valence-corrected chi connectivity index (χ2v) is 3.37. The maximum absolute atomic E-state index is 13.1. The Bertz CT molecular complexity index is 328. The van der Waals surface area contributed by atoms with Crippen molar-refractivity contribution >= 4 is 15.9 Å². The van der Waals surface area contributed by atoms with Crippen molar-refractivity contribution < 1.29 is 9.50 Å². The zero-order valence-electron chi connectivity index (χ0n) is 6.67. The number of nitrogens with zero attached hydrogens (tertiary/aromatic N) is 1. The van der Waals surface area contributed by atoms with Gasteiger partial charge in [-0.25, -0.2) is 4.39 Å². The van der Waals surface area contributed by atoms with Crippen LogP contribution in [0.2, 0.25) is 0 Å². The summed E-state index contributed by atoms with van der Waals surface area (Å²) in [5, 5.41) is 17.7. The van der Waals surface area contributed by atoms with Gasteiger partial charge in [-0.1, -0.05) is 22.0 Å². The number of rotatable bonds is 2. The summed E-state index contributed by atoms with van der Waals surface area (Å²) in [6, 6.07) is 6.19. The van der Waals surface area contributed by atoms with Crippen LogP contribution in [0.4, 0.5) is 4.39 Å². The van der Waals surface area contributed by atoms with E-state index < -0.39 is 11.9 Å². The molecule has 0 fully saturated rings. The first-order chi connectivity index (χ1) is 6.16. The van der Waals surface area contributed by atoms with Crippen molar-refractivity contribution in [2.24, 2.45) is 0 Å². The number of hydrogen-bond acceptors (Lipinski definition) is 2. The summed E-state index contributed by atoms with van der Waals surface area (Å²) in [6.07, 6.45) is -1.18. The monoisotopic (exact) mass is 243 g/mol. The van der Waals surface area contributed by atoms with Crippen LogP contribution in [0.3, 0.4) is 0 Å². The molecule has 1 aromatic carbocycles. The molecule has 0 radical (unpaired) electrons. The molecule has 0 saturated heterocycles. The molecule has 0 unspecified atom stereocenters. The summed E-state index contributed by atoms with van der Waals surface area (Å²) in [6.45, 7) is 0. The van der Waals surface area contributed by atoms with E-state index in [-0.39, 0.29) is 12.0 Å². The number of aliphatic hydroxyl groups excluding tert-OH is 1. The summed E-state index contributed by atoms with van der Waals surface area (Å²) >= 11 is 3.11. The second-order valence-electron chi connectivity index (χ2n) is 2.51. The normalized spacial score (nSPS) is 12.2. The molecule has 0 amide bonds. The Labute approximate surface area is 83.7 Å². The fourth-order valence-corrected chi connectivity index (χ4v) is 1.62. The third kappa shape index (κ3) is 2.27. The zero-order chi connectivity index (χ0) is 9.84. The van der Waals surface area contributed by atoms with E-state index >= 15 is 0 Å². The van der Waals surface area contributed by atoms with Gasteiger partial charge in [-0.05, 0) is 12.1 Å². The topological polar surface area (TPSA) is 44.0 Å². The smallest absolute Gasteiger partial charge is 0.130 e. The van der Waals surface area contributed by atoms with Crippen molar-refractivity contribution in [3.05, 3.63) is 34.1 Å². The van der Waals surface area contributed by atoms with Crippen LogP contribution in [0.15, 0.2) is 22.7 Å². The molecule has 0 spiro atoms. The number of nitriles is 1. The van der Waals surface area contributed by atoms with Crippen LogP contribution in [-0.2, 0) is 0 Å². The third-order valence-electron chi connectivity index (χ3n) is 1.62. The fraction of sp³-hybridized carbons (Fsp3) is 0.222. The molecule has 68 valence electrons. The quantitative estimate of drug-likeness (QED) is 0.868. The third-order valence-corrected chi connectivity index (χ3v) is 2.31. The lowest BCUT2D eigenvalue weighted by Crippen LogP contribution is -2.00. The summed E-state index contributed by atoms with van der Waals surface area (Å²) in [7, 11) is 0. The molecule has 2 nitrogen and oxygen atoms in total. The standard InChI is InChI=1S/C9H7BrFNO/c10-6-2-1-3-7(11)9(6)8(13)4-5-12/h1-3,8,13H,4H2/t8-/m1/s1. The Hall–Kier alpha value is -0.920. The van der Waals surface area contributed by atoms with Crippen molar-refractivity contribution in [3.63, 3.8) is 0 Å². The lowest BCUT2D eigenvalue weighted by atomic mass is 10.1. The molecule has 13 heavy (non-hydrogen) atoms. The van der Waals surface area contributed by atoms with Gasteiger partial charge >= 0.3 is 0 Å². The first-order valence-corrected chi connectivity index (χ1v) is 4.45. The van der Waals surface area contributed by atoms with Gasteiger partial charge in [0.2, 0.25) is 0 Å². The SMILES string of the molecule is N#CC[C@@H](O)c1c(F)cccc1Br. The van der Waals surface area contributed by atoms with Crippen molar-refractivity contribution in [2.75, 3.05) is 0 Å². The van der Waals surface area contributed by atoms with Gasteiger partial charge in [-0.3, -0.25) is 0 Å². The Morgan fingerprint density at radius 2 is 2.31 bits per heavy atom. The van der Waals surface area contributed by atoms with E-state index in [0.717, 1.165) is 0 Å². The molecule has 1 aromatic rings. The van der Waals surface area contributed by atoms with Crippen molar-refractivity contribution in [1.82, 2.24) is 0 Å². The summed E-state index contributed by atoms with van der Waals surface area (Å²) in [5.74, 6) is -0.503. The van der Waals surface area contributed by atoms with Gasteiger partial charge in [0, 0.05) is 10.0 Å². The van der Waals surface area contributed by atoms with E-state index in [4.69, 9.17) is 5.26 Å². The maximum Gasteiger partial charge on any atom is 0.130 e. The Kier molecular flexibility index (Phi) is 3.40. The molecular formula is C9H7BrFNO. The molecule has 0 aliphatic carbocycles. The minimum Gasteiger partial charge on any atom is -0.387 e. The molecule has 0 heterocycles. The minimum absolute atomic E-state index is 0.112. The van der Waals surface area contributed by atoms with Crippen LogP contribution in [0.25, 0.3) is 0 Å². The fourth-order valence-electron chi connectivity index (χ4n) is 1.02. The van der Waals surface area contributed by atoms with Gasteiger partial charge in [0.25, 0.3) is 0 Å². The molecule has 0 aromatic heterocycles. The highest BCUT2D eigenvalue weighted by atomic mass is 79.9. The molecule has 1 rings (SSSR count). The van der Waals surface area contributed by atoms with Gasteiger partial charge in [-0.15, -0.1) is 0 Å². The number of benzene rings is 1.